The van der Waals surface area contributed by atoms with Crippen LogP contribution in [-0.4, -0.2) is 30.0 Å². The number of aromatic nitrogens is 2. The van der Waals surface area contributed by atoms with Gasteiger partial charge in [0.05, 0.1) is 5.60 Å². The van der Waals surface area contributed by atoms with Crippen LogP contribution in [0.2, 0.25) is 22.9 Å². The number of hydrogen-bond donors (Lipinski definition) is 0. The van der Waals surface area contributed by atoms with Crippen molar-refractivity contribution in [2.45, 2.75) is 97.8 Å². The quantitative estimate of drug-likeness (QED) is 0.570. The minimum atomic E-state index is -1.79. The van der Waals surface area contributed by atoms with Crippen molar-refractivity contribution in [3.05, 3.63) is 24.5 Å². The normalized spacial score (nSPS) is 19.5. The molecule has 2 aromatic heterocycles. The van der Waals surface area contributed by atoms with Crippen LogP contribution in [0.15, 0.2) is 24.5 Å². The number of hydrogen-bond acceptors (Lipinski definition) is 2. The van der Waals surface area contributed by atoms with Gasteiger partial charge < -0.3 is 8.89 Å². The molecule has 3 heterocycles. The van der Waals surface area contributed by atoms with Crippen LogP contribution >= 0.6 is 0 Å². The Bertz CT molecular complexity index is 816. The highest BCUT2D eigenvalue weighted by atomic mass is 28.3. The third-order valence-corrected chi connectivity index (χ3v) is 14.6. The summed E-state index contributed by atoms with van der Waals surface area (Å²) in [5.41, 5.74) is 4.39. The van der Waals surface area contributed by atoms with Crippen LogP contribution in [0.3, 0.4) is 0 Å². The van der Waals surface area contributed by atoms with Gasteiger partial charge in [0.2, 0.25) is 0 Å². The topological polar surface area (TPSA) is 27.1 Å². The molecule has 0 atom stereocenters. The van der Waals surface area contributed by atoms with Gasteiger partial charge in [-0.15, -0.1) is 0 Å². The van der Waals surface area contributed by atoms with E-state index in [2.05, 4.69) is 98.0 Å². The van der Waals surface area contributed by atoms with E-state index in [1.807, 2.05) is 0 Å². The molecule has 154 valence electrons. The van der Waals surface area contributed by atoms with Gasteiger partial charge in [0.15, 0.2) is 8.24 Å². The molecular formula is C23H39BN2OSi. The second-order valence-electron chi connectivity index (χ2n) is 10.9. The number of fused-ring (bicyclic) bond motifs is 1. The van der Waals surface area contributed by atoms with Gasteiger partial charge in [-0.25, -0.2) is 4.98 Å². The molecule has 0 aliphatic carbocycles. The molecule has 0 unspecified atom stereocenters. The first-order chi connectivity index (χ1) is 12.8. The zero-order valence-corrected chi connectivity index (χ0v) is 20.6. The van der Waals surface area contributed by atoms with Crippen molar-refractivity contribution in [1.29, 1.82) is 0 Å². The minimum absolute atomic E-state index is 0.118. The molecule has 0 N–H and O–H groups in total. The second kappa shape index (κ2) is 7.02. The van der Waals surface area contributed by atoms with E-state index in [1.54, 1.807) is 0 Å². The average molecular weight is 398 g/mol. The van der Waals surface area contributed by atoms with E-state index >= 15 is 0 Å². The molecule has 28 heavy (non-hydrogen) atoms. The molecule has 1 fully saturated rings. The van der Waals surface area contributed by atoms with Crippen molar-refractivity contribution < 1.29 is 4.65 Å². The lowest BCUT2D eigenvalue weighted by Crippen LogP contribution is -2.51. The van der Waals surface area contributed by atoms with Gasteiger partial charge >= 0.3 is 6.92 Å². The Morgan fingerprint density at radius 3 is 2.07 bits per heavy atom. The summed E-state index contributed by atoms with van der Waals surface area (Å²) in [6, 6.07) is 4.59. The summed E-state index contributed by atoms with van der Waals surface area (Å²) in [5, 5.41) is 1.25. The Balaban J connectivity index is 2.07. The van der Waals surface area contributed by atoms with Crippen molar-refractivity contribution in [2.75, 3.05) is 0 Å². The molecule has 2 aromatic rings. The lowest BCUT2D eigenvalue weighted by atomic mass is 9.54. The van der Waals surface area contributed by atoms with Crippen LogP contribution in [-0.2, 0) is 4.65 Å². The summed E-state index contributed by atoms with van der Waals surface area (Å²) in [6.07, 6.45) is 5.43. The fourth-order valence-electron chi connectivity index (χ4n) is 5.82. The maximum atomic E-state index is 6.45. The highest BCUT2D eigenvalue weighted by molar-refractivity contribution is 6.82. The molecule has 1 saturated heterocycles. The van der Waals surface area contributed by atoms with E-state index in [0.29, 0.717) is 16.6 Å². The summed E-state index contributed by atoms with van der Waals surface area (Å²) in [7, 11) is -1.79. The predicted molar refractivity (Wildman–Crippen MR) is 125 cm³/mol. The summed E-state index contributed by atoms with van der Waals surface area (Å²) in [6.45, 7) is 23.6. The van der Waals surface area contributed by atoms with Gasteiger partial charge in [-0.2, -0.15) is 0 Å². The molecule has 0 bridgehead atoms. The number of pyridine rings is 1. The molecule has 1 aliphatic rings. The van der Waals surface area contributed by atoms with Gasteiger partial charge in [0, 0.05) is 11.6 Å². The molecule has 1 aliphatic heterocycles. The van der Waals surface area contributed by atoms with Crippen molar-refractivity contribution in [3.8, 4) is 0 Å². The number of nitrogens with zero attached hydrogens (tertiary/aromatic N) is 2. The summed E-state index contributed by atoms with van der Waals surface area (Å²) >= 11 is 0. The smallest absolute Gasteiger partial charge is 0.329 e. The van der Waals surface area contributed by atoms with Crippen LogP contribution in [0.4, 0.5) is 0 Å². The van der Waals surface area contributed by atoms with E-state index in [-0.39, 0.29) is 17.9 Å². The van der Waals surface area contributed by atoms with Crippen LogP contribution in [0.1, 0.15) is 69.2 Å². The molecule has 0 aromatic carbocycles. The highest BCUT2D eigenvalue weighted by Crippen LogP contribution is 2.46. The van der Waals surface area contributed by atoms with E-state index in [4.69, 9.17) is 9.64 Å². The average Bonchev–Trinajstić information content (AvgIpc) is 3.05. The van der Waals surface area contributed by atoms with E-state index in [9.17, 15) is 0 Å². The zero-order valence-electron chi connectivity index (χ0n) is 19.6. The Hall–Kier alpha value is -1.07. The van der Waals surface area contributed by atoms with Gasteiger partial charge in [0.1, 0.15) is 5.65 Å². The van der Waals surface area contributed by atoms with Crippen LogP contribution < -0.4 is 5.46 Å². The van der Waals surface area contributed by atoms with Crippen LogP contribution in [0.5, 0.6) is 0 Å². The van der Waals surface area contributed by atoms with Crippen molar-refractivity contribution in [2.24, 2.45) is 5.41 Å². The second-order valence-corrected chi connectivity index (χ2v) is 16.6. The van der Waals surface area contributed by atoms with Gasteiger partial charge in [-0.3, -0.25) is 0 Å². The Kier molecular flexibility index (Phi) is 5.42. The fraction of sp³-hybridized carbons (Fsp3) is 0.696. The highest BCUT2D eigenvalue weighted by Gasteiger charge is 2.50. The third kappa shape index (κ3) is 3.09. The lowest BCUT2D eigenvalue weighted by molar-refractivity contribution is 0.0375. The molecule has 3 nitrogen and oxygen atoms in total. The minimum Gasteiger partial charge on any atom is -0.425 e. The SMILES string of the molecule is CC(C)[Si](C(C)C)(C(C)C)n1ccc2cc(B3CC(C)(C)C(C)(C)O3)cnc21. The zero-order chi connectivity index (χ0) is 21.1. The standard InChI is InChI=1S/C23H39BN2OSi/c1-16(2)28(17(3)4,18(5)6)26-12-11-19-13-20(14-25-21(19)26)24-15-22(7,8)23(9,10)27-24/h11-14,16-18H,15H2,1-10H3. The predicted octanol–water partition coefficient (Wildman–Crippen LogP) is 6.09. The number of rotatable bonds is 5. The molecular weight excluding hydrogens is 359 g/mol. The monoisotopic (exact) mass is 398 g/mol. The molecule has 3 rings (SSSR count). The molecule has 0 radical (unpaired) electrons. The first kappa shape index (κ1) is 21.6. The van der Waals surface area contributed by atoms with Gasteiger partial charge in [0.25, 0.3) is 0 Å². The maximum absolute atomic E-state index is 6.45. The van der Waals surface area contributed by atoms with Crippen LogP contribution in [0, 0.1) is 5.41 Å². The van der Waals surface area contributed by atoms with E-state index < -0.39 is 8.24 Å². The molecule has 0 amide bonds. The van der Waals surface area contributed by atoms with Crippen molar-refractivity contribution in [3.63, 3.8) is 0 Å². The van der Waals surface area contributed by atoms with E-state index in [1.165, 1.54) is 10.8 Å². The van der Waals surface area contributed by atoms with Crippen molar-refractivity contribution in [1.82, 2.24) is 9.22 Å². The molecule has 0 saturated carbocycles. The largest absolute Gasteiger partial charge is 0.425 e. The lowest BCUT2D eigenvalue weighted by Gasteiger charge is -2.44. The van der Waals surface area contributed by atoms with Crippen molar-refractivity contribution >= 4 is 31.6 Å². The fourth-order valence-corrected chi connectivity index (χ4v) is 12.4. The Morgan fingerprint density at radius 1 is 1.04 bits per heavy atom. The van der Waals surface area contributed by atoms with Crippen LogP contribution in [0.25, 0.3) is 11.0 Å². The Morgan fingerprint density at radius 2 is 1.61 bits per heavy atom. The molecule has 5 heteroatoms. The Labute approximate surface area is 173 Å². The summed E-state index contributed by atoms with van der Waals surface area (Å²) in [4.78, 5) is 5.01. The van der Waals surface area contributed by atoms with Gasteiger partial charge in [-0.05, 0) is 59.9 Å². The molecule has 0 spiro atoms. The summed E-state index contributed by atoms with van der Waals surface area (Å²) < 4.78 is 9.04. The first-order valence-corrected chi connectivity index (χ1v) is 13.2. The summed E-state index contributed by atoms with van der Waals surface area (Å²) in [5.74, 6) is 0. The third-order valence-electron chi connectivity index (χ3n) is 7.87. The van der Waals surface area contributed by atoms with E-state index in [0.717, 1.165) is 12.0 Å². The maximum Gasteiger partial charge on any atom is 0.329 e. The first-order valence-electron chi connectivity index (χ1n) is 11.0. The van der Waals surface area contributed by atoms with Gasteiger partial charge in [-0.1, -0.05) is 61.5 Å².